The first-order chi connectivity index (χ1) is 21.7. The zero-order chi connectivity index (χ0) is 29.0. The quantitative estimate of drug-likeness (QED) is 0.180. The van der Waals surface area contributed by atoms with Gasteiger partial charge in [0.05, 0.1) is 27.0 Å². The highest BCUT2D eigenvalue weighted by molar-refractivity contribution is 8.27. The Hall–Kier alpha value is -4.67. The summed E-state index contributed by atoms with van der Waals surface area (Å²) in [5.74, 6) is 3.37. The summed E-state index contributed by atoms with van der Waals surface area (Å²) in [5, 5.41) is 5.66. The Balaban J connectivity index is 1.25. The van der Waals surface area contributed by atoms with Crippen LogP contribution in [-0.4, -0.2) is 4.57 Å². The SMILES string of the molecule is S=P12c3ccccc3Oc3c(-c4ccc5c(c4)c4ccccc4n5-c4ccccc4)ccc(c31)Oc1c2sc2ccccc12. The Labute approximate surface area is 262 Å². The van der Waals surface area contributed by atoms with E-state index in [0.29, 0.717) is 0 Å². The van der Waals surface area contributed by atoms with Crippen LogP contribution in [0.25, 0.3) is 48.7 Å². The van der Waals surface area contributed by atoms with Crippen LogP contribution in [-0.2, 0) is 11.8 Å². The van der Waals surface area contributed by atoms with Gasteiger partial charge in [-0.15, -0.1) is 11.3 Å². The van der Waals surface area contributed by atoms with Gasteiger partial charge in [-0.2, -0.15) is 0 Å². The van der Waals surface area contributed by atoms with Crippen molar-refractivity contribution in [1.29, 1.82) is 0 Å². The van der Waals surface area contributed by atoms with Crippen molar-refractivity contribution < 1.29 is 9.47 Å². The minimum absolute atomic E-state index is 0.805. The average molecular weight is 620 g/mol. The predicted octanol–water partition coefficient (Wildman–Crippen LogP) is 9.63. The summed E-state index contributed by atoms with van der Waals surface area (Å²) in [4.78, 5) is 0. The van der Waals surface area contributed by atoms with Crippen LogP contribution in [0.5, 0.6) is 23.0 Å². The van der Waals surface area contributed by atoms with Crippen LogP contribution in [0.3, 0.4) is 0 Å². The number of fused-ring (bicyclic) bond motifs is 9. The fourth-order valence-corrected chi connectivity index (χ4v) is 13.5. The highest BCUT2D eigenvalue weighted by Crippen LogP contribution is 2.62. The van der Waals surface area contributed by atoms with E-state index >= 15 is 0 Å². The van der Waals surface area contributed by atoms with Crippen molar-refractivity contribution in [3.8, 4) is 39.8 Å². The van der Waals surface area contributed by atoms with E-state index in [9.17, 15) is 0 Å². The largest absolute Gasteiger partial charge is 0.455 e. The van der Waals surface area contributed by atoms with Gasteiger partial charge < -0.3 is 14.0 Å². The lowest BCUT2D eigenvalue weighted by Gasteiger charge is -2.36. The van der Waals surface area contributed by atoms with Crippen LogP contribution in [0, 0.1) is 0 Å². The highest BCUT2D eigenvalue weighted by atomic mass is 32.4. The van der Waals surface area contributed by atoms with Crippen LogP contribution in [0.4, 0.5) is 0 Å². The summed E-state index contributed by atoms with van der Waals surface area (Å²) in [5.41, 5.74) is 5.62. The molecule has 6 aromatic carbocycles. The molecule has 10 rings (SSSR count). The molecule has 2 aliphatic heterocycles. The van der Waals surface area contributed by atoms with Gasteiger partial charge in [0, 0.05) is 37.4 Å². The van der Waals surface area contributed by atoms with Crippen LogP contribution in [0.2, 0.25) is 0 Å². The number of aromatic nitrogens is 1. The molecule has 8 aromatic rings. The fourth-order valence-electron chi connectivity index (χ4n) is 6.93. The molecule has 0 radical (unpaired) electrons. The molecule has 44 heavy (non-hydrogen) atoms. The van der Waals surface area contributed by atoms with Crippen LogP contribution < -0.4 is 24.7 Å². The van der Waals surface area contributed by atoms with E-state index in [4.69, 9.17) is 21.3 Å². The molecule has 2 aromatic heterocycles. The summed E-state index contributed by atoms with van der Waals surface area (Å²) >= 11 is 8.63. The molecule has 2 aliphatic rings. The smallest absolute Gasteiger partial charge is 0.155 e. The molecule has 0 saturated carbocycles. The molecule has 0 spiro atoms. The molecule has 3 nitrogen and oxygen atoms in total. The van der Waals surface area contributed by atoms with Crippen molar-refractivity contribution in [2.75, 3.05) is 0 Å². The fraction of sp³-hybridized carbons (Fsp3) is 0. The maximum absolute atomic E-state index is 6.86. The summed E-state index contributed by atoms with van der Waals surface area (Å²) in [7, 11) is 0. The summed E-state index contributed by atoms with van der Waals surface area (Å²) < 4.78 is 18.2. The zero-order valence-corrected chi connectivity index (χ0v) is 25.8. The van der Waals surface area contributed by atoms with E-state index in [-0.39, 0.29) is 0 Å². The third-order valence-electron chi connectivity index (χ3n) is 8.85. The minimum Gasteiger partial charge on any atom is -0.455 e. The Kier molecular flexibility index (Phi) is 5.02. The van der Waals surface area contributed by atoms with E-state index in [0.717, 1.165) is 60.4 Å². The lowest BCUT2D eigenvalue weighted by Crippen LogP contribution is -2.33. The number of thiophene rings is 1. The third-order valence-corrected chi connectivity index (χ3v) is 15.8. The maximum Gasteiger partial charge on any atom is 0.155 e. The van der Waals surface area contributed by atoms with E-state index < -0.39 is 6.04 Å². The van der Waals surface area contributed by atoms with Gasteiger partial charge in [-0.05, 0) is 72.3 Å². The molecule has 1 atom stereocenters. The molecule has 4 heterocycles. The monoisotopic (exact) mass is 619 g/mol. The van der Waals surface area contributed by atoms with E-state index in [1.54, 1.807) is 11.3 Å². The predicted molar refractivity (Wildman–Crippen MR) is 188 cm³/mol. The van der Waals surface area contributed by atoms with Crippen molar-refractivity contribution >= 4 is 76.3 Å². The standard InChI is InChI=1S/C38H22NO2PS2/c43-42-33-16-8-7-15-31(33)40-35-25(19-21-32(37(35)42)41-36-27-13-5-9-17-34(27)44-38(36)42)23-18-20-30-28(22-23)26-12-4-6-14-29(26)39(30)24-10-2-1-3-11-24/h1-22H. The number of hydrogen-bond acceptors (Lipinski definition) is 4. The van der Waals surface area contributed by atoms with Crippen molar-refractivity contribution in [3.63, 3.8) is 0 Å². The second kappa shape index (κ2) is 8.93. The topological polar surface area (TPSA) is 23.4 Å². The van der Waals surface area contributed by atoms with Gasteiger partial charge in [-0.3, -0.25) is 0 Å². The van der Waals surface area contributed by atoms with Gasteiger partial charge in [-0.25, -0.2) is 0 Å². The average Bonchev–Trinajstić information content (AvgIpc) is 3.61. The lowest BCUT2D eigenvalue weighted by molar-refractivity contribution is 0.471. The molecule has 208 valence electrons. The summed E-state index contributed by atoms with van der Waals surface area (Å²) in [6.07, 6.45) is 0. The number of benzene rings is 6. The summed E-state index contributed by atoms with van der Waals surface area (Å²) in [6.45, 7) is 0. The molecule has 0 bridgehead atoms. The molecule has 0 aliphatic carbocycles. The van der Waals surface area contributed by atoms with Crippen molar-refractivity contribution in [3.05, 3.63) is 133 Å². The Bertz CT molecular complexity index is 2550. The highest BCUT2D eigenvalue weighted by Gasteiger charge is 2.45. The first kappa shape index (κ1) is 24.7. The second-order valence-electron chi connectivity index (χ2n) is 11.2. The number of para-hydroxylation sites is 3. The Morgan fingerprint density at radius 2 is 1.32 bits per heavy atom. The van der Waals surface area contributed by atoms with E-state index in [1.165, 1.54) is 26.5 Å². The molecule has 6 heteroatoms. The van der Waals surface area contributed by atoms with E-state index in [2.05, 4.69) is 132 Å². The number of nitrogens with zero attached hydrogens (tertiary/aromatic N) is 1. The normalized spacial score (nSPS) is 16.3. The second-order valence-corrected chi connectivity index (χ2v) is 16.8. The van der Waals surface area contributed by atoms with Crippen LogP contribution in [0.1, 0.15) is 0 Å². The summed E-state index contributed by atoms with van der Waals surface area (Å²) in [6, 6.07) is 44.5. The Morgan fingerprint density at radius 3 is 2.23 bits per heavy atom. The molecule has 0 amide bonds. The van der Waals surface area contributed by atoms with Gasteiger partial charge in [0.2, 0.25) is 0 Å². The first-order valence-corrected chi connectivity index (χ1v) is 18.2. The van der Waals surface area contributed by atoms with Gasteiger partial charge in [-0.1, -0.05) is 78.5 Å². The van der Waals surface area contributed by atoms with Crippen LogP contribution >= 0.6 is 17.4 Å². The molecular formula is C38H22NO2PS2. The molecule has 1 unspecified atom stereocenters. The van der Waals surface area contributed by atoms with E-state index in [1.807, 2.05) is 6.07 Å². The maximum atomic E-state index is 6.86. The molecule has 0 fully saturated rings. The number of hydrogen-bond donors (Lipinski definition) is 0. The number of ether oxygens (including phenoxy) is 2. The van der Waals surface area contributed by atoms with Crippen LogP contribution in [0.15, 0.2) is 133 Å². The van der Waals surface area contributed by atoms with Crippen molar-refractivity contribution in [1.82, 2.24) is 4.57 Å². The molecule has 0 N–H and O–H groups in total. The van der Waals surface area contributed by atoms with Gasteiger partial charge in [0.1, 0.15) is 17.2 Å². The van der Waals surface area contributed by atoms with Gasteiger partial charge in [0.25, 0.3) is 0 Å². The van der Waals surface area contributed by atoms with Gasteiger partial charge >= 0.3 is 0 Å². The number of rotatable bonds is 2. The zero-order valence-electron chi connectivity index (χ0n) is 23.2. The van der Waals surface area contributed by atoms with Crippen molar-refractivity contribution in [2.45, 2.75) is 0 Å². The Morgan fingerprint density at radius 1 is 0.591 bits per heavy atom. The van der Waals surface area contributed by atoms with Crippen molar-refractivity contribution in [2.24, 2.45) is 0 Å². The minimum atomic E-state index is -2.46. The first-order valence-electron chi connectivity index (χ1n) is 14.5. The molecule has 0 saturated heterocycles. The van der Waals surface area contributed by atoms with Gasteiger partial charge in [0.15, 0.2) is 5.75 Å². The lowest BCUT2D eigenvalue weighted by atomic mass is 10.0. The molecular weight excluding hydrogens is 598 g/mol. The third kappa shape index (κ3) is 3.19.